The van der Waals surface area contributed by atoms with E-state index in [0.29, 0.717) is 80.5 Å². The van der Waals surface area contributed by atoms with Crippen molar-refractivity contribution in [3.05, 3.63) is 429 Å². The number of nitrogens with zero attached hydrogens (tertiary/aromatic N) is 1. The molecule has 0 aliphatic carbocycles. The van der Waals surface area contributed by atoms with Crippen LogP contribution in [0.1, 0.15) is 144 Å². The molecule has 2 heterocycles. The Morgan fingerprint density at radius 3 is 1.01 bits per heavy atom. The summed E-state index contributed by atoms with van der Waals surface area (Å²) in [6.45, 7) is 9.35. The molecular formula is C108H107AlBr3Cl12KLiN2O7P. The SMILES string of the molecule is C1CCOC1.C1CCOC1.CC(C)(C)[O-].COc1cccc(Br)c1.ClCCl.Clc1cccc(Cl)c1/C=C/c1cccc(Br)c1.Clc1cccc(Cl)c1CP(Br)(c1ccccc1)(c1ccccc1)c1ccccc1.N#CCC(O)c1cccc(/C=C/c2c(Cl)cccc2Cl)c1.NCCC(O)c1cccc(/C=C/c2c(Cl)cccc2Cl)c1.O=Cc1cccc(/C=C/c2c(Cl)cccc2Cl)c1.[AlH3].[H-].[K+].[Li+]. The molecule has 136 heavy (non-hydrogen) atoms. The van der Waals surface area contributed by atoms with Crippen LogP contribution in [0.4, 0.5) is 0 Å². The van der Waals surface area contributed by atoms with Gasteiger partial charge in [-0.05, 0) is 169 Å². The maximum absolute atomic E-state index is 10.7. The number of carbonyl (C=O) groups is 1. The summed E-state index contributed by atoms with van der Waals surface area (Å²) in [5.41, 5.74) is 14.9. The van der Waals surface area contributed by atoms with Crippen molar-refractivity contribution < 1.29 is 106 Å². The molecule has 28 heteroatoms. The Bertz CT molecular complexity index is 5670. The topological polar surface area (TPSA) is 158 Å². The molecule has 2 aliphatic rings. The number of rotatable bonds is 20. The quantitative estimate of drug-likeness (QED) is 0.0222. The molecule has 2 atom stereocenters. The second-order valence-electron chi connectivity index (χ2n) is 30.1. The monoisotopic (exact) mass is 2300 g/mol. The number of nitrogens with two attached hydrogens (primary N) is 1. The fraction of sp³-hybridized carbons (Fsp3) is 0.185. The maximum Gasteiger partial charge on any atom is 1.00 e. The first-order valence-corrected chi connectivity index (χ1v) is 52.8. The second kappa shape index (κ2) is 69.6. The van der Waals surface area contributed by atoms with E-state index in [2.05, 4.69) is 138 Å². The fourth-order valence-corrected chi connectivity index (χ4v) is 23.8. The predicted molar refractivity (Wildman–Crippen MR) is 597 cm³/mol. The van der Waals surface area contributed by atoms with Gasteiger partial charge in [0.15, 0.2) is 17.4 Å². The third-order valence-electron chi connectivity index (χ3n) is 19.1. The molecule has 2 fully saturated rings. The zero-order valence-electron chi connectivity index (χ0n) is 76.5. The molecule has 15 rings (SSSR count). The van der Waals surface area contributed by atoms with Gasteiger partial charge in [0.1, 0.15) is 12.0 Å². The number of aldehydes is 1. The summed E-state index contributed by atoms with van der Waals surface area (Å²) >= 11 is 82.8. The zero-order valence-corrected chi connectivity index (χ0v) is 93.3. The van der Waals surface area contributed by atoms with E-state index in [0.717, 1.165) is 103 Å². The van der Waals surface area contributed by atoms with Crippen molar-refractivity contribution >= 4 is 280 Å². The molecule has 0 bridgehead atoms. The Morgan fingerprint density at radius 1 is 0.441 bits per heavy atom. The van der Waals surface area contributed by atoms with E-state index in [9.17, 15) is 20.1 Å². The number of hydrogen-bond acceptors (Lipinski definition) is 9. The van der Waals surface area contributed by atoms with Crippen LogP contribution in [0.5, 0.6) is 5.75 Å². The Labute approximate surface area is 954 Å². The summed E-state index contributed by atoms with van der Waals surface area (Å²) in [5, 5.41) is 45.6. The van der Waals surface area contributed by atoms with Crippen molar-refractivity contribution in [1.82, 2.24) is 0 Å². The van der Waals surface area contributed by atoms with E-state index in [4.69, 9.17) is 164 Å². The number of aliphatic hydroxyl groups excluding tert-OH is 2. The van der Waals surface area contributed by atoms with Gasteiger partial charge in [-0.15, -0.1) is 28.8 Å². The fourth-order valence-electron chi connectivity index (χ4n) is 12.5. The van der Waals surface area contributed by atoms with Gasteiger partial charge in [-0.3, -0.25) is 4.79 Å². The number of methoxy groups -OCH3 is 1. The van der Waals surface area contributed by atoms with Crippen molar-refractivity contribution in [2.45, 2.75) is 83.3 Å². The van der Waals surface area contributed by atoms with Gasteiger partial charge in [-0.1, -0.05) is 291 Å². The maximum atomic E-state index is 10.7. The number of benzene rings is 13. The summed E-state index contributed by atoms with van der Waals surface area (Å²) in [6, 6.07) is 99.4. The zero-order chi connectivity index (χ0) is 97.0. The predicted octanol–water partition coefficient (Wildman–Crippen LogP) is 26.4. The van der Waals surface area contributed by atoms with Crippen LogP contribution in [0.3, 0.4) is 0 Å². The molecule has 0 radical (unpaired) electrons. The molecule has 2 unspecified atom stereocenters. The molecule has 4 N–H and O–H groups in total. The van der Waals surface area contributed by atoms with E-state index in [1.165, 1.54) is 41.6 Å². The van der Waals surface area contributed by atoms with Crippen LogP contribution in [0.25, 0.3) is 48.6 Å². The minimum absolute atomic E-state index is 0. The van der Waals surface area contributed by atoms with Crippen molar-refractivity contribution in [2.75, 3.05) is 45.4 Å². The molecule has 13 aromatic carbocycles. The van der Waals surface area contributed by atoms with Crippen LogP contribution < -0.4 is 102 Å². The molecule has 9 nitrogen and oxygen atoms in total. The van der Waals surface area contributed by atoms with E-state index in [-0.39, 0.29) is 101 Å². The van der Waals surface area contributed by atoms with E-state index in [1.54, 1.807) is 94.6 Å². The van der Waals surface area contributed by atoms with Crippen LogP contribution >= 0.6 is 192 Å². The largest absolute Gasteiger partial charge is 1.00 e. The molecule has 0 spiro atoms. The van der Waals surface area contributed by atoms with Crippen LogP contribution in [0.15, 0.2) is 312 Å². The summed E-state index contributed by atoms with van der Waals surface area (Å²) in [5.74, 6) is 0.879. The average Bonchev–Trinajstić information content (AvgIpc) is 0.994. The van der Waals surface area contributed by atoms with E-state index in [1.807, 2.05) is 200 Å². The summed E-state index contributed by atoms with van der Waals surface area (Å²) in [4.78, 5) is 10.7. The first-order chi connectivity index (χ1) is 63.9. The first-order valence-electron chi connectivity index (χ1n) is 41.9. The summed E-state index contributed by atoms with van der Waals surface area (Å²) < 4.78 is 16.9. The molecule has 2 aliphatic heterocycles. The molecule has 0 aromatic heterocycles. The Balaban J connectivity index is 0.000000541. The standard InChI is InChI=1S/C25H20BrCl2P.C17H17Cl2NO.C17H13Cl2NO.C15H10Cl2O.C14H9BrCl2.C7H7BrO.2C4H8O.C4H9O.CH2Cl2.Al.K.Li.4H/c26-29(20-11-4-1-5-12-20,21-13-6-2-7-14-21,22-15-8-3-9-16-22)19-23-24(27)17-10-18-25(23)28;2*18-15-5-2-6-16(19)14(15)8-7-12-3-1-4-13(11-12)17(21)9-10-20;16-14-5-2-6-15(17)13(14)8-7-11-3-1-4-12(9-11)10-18;15-11-4-1-3-10(9-11)7-8-12-13(16)5-2-6-14(12)17;1-9-7-4-2-3-6(8)5-7;2*1-2-4-5-3-1;1-4(2,3)5;2-1-3;;;;;;;/h1-18H,19H2;1-8,11,17,21H,9-10,20H2;1-8,11,17,21H,9H2;1-10H;1-9H;2-5H,1H3;2*1-4H2;1-3H3;1H2;;;;;;;/q;;;;;;;;-1;;;2*+1;;;;-1/b;4*8-7+;;;;;;;;;;;;. The van der Waals surface area contributed by atoms with Crippen molar-refractivity contribution in [2.24, 2.45) is 5.73 Å². The van der Waals surface area contributed by atoms with Crippen LogP contribution in [0, 0.1) is 11.3 Å². The van der Waals surface area contributed by atoms with Gasteiger partial charge in [0.2, 0.25) is 0 Å². The van der Waals surface area contributed by atoms with Gasteiger partial charge in [0.25, 0.3) is 0 Å². The third kappa shape index (κ3) is 45.3. The van der Waals surface area contributed by atoms with Gasteiger partial charge < -0.3 is 36.7 Å². The Kier molecular flexibility index (Phi) is 64.4. The number of nitriles is 1. The van der Waals surface area contributed by atoms with Gasteiger partial charge in [-0.2, -0.15) is 5.26 Å². The number of halogens is 15. The number of alkyl halides is 2. The summed E-state index contributed by atoms with van der Waals surface area (Å²) in [6.07, 6.45) is 21.1. The minimum Gasteiger partial charge on any atom is -1.00 e. The number of hydrogen-bond donors (Lipinski definition) is 3. The van der Waals surface area contributed by atoms with Gasteiger partial charge >= 0.3 is 261 Å². The molecular weight excluding hydrogens is 2210 g/mol. The van der Waals surface area contributed by atoms with Crippen molar-refractivity contribution in [1.29, 1.82) is 5.26 Å². The molecule has 0 amide bonds. The van der Waals surface area contributed by atoms with Crippen molar-refractivity contribution in [3.8, 4) is 11.8 Å². The average molecular weight is 2310 g/mol. The summed E-state index contributed by atoms with van der Waals surface area (Å²) in [7, 11) is 1.65. The Morgan fingerprint density at radius 2 is 0.721 bits per heavy atom. The second-order valence-corrected chi connectivity index (χ2v) is 45.7. The van der Waals surface area contributed by atoms with E-state index >= 15 is 0 Å². The first kappa shape index (κ1) is 126. The molecule has 2 saturated heterocycles. The van der Waals surface area contributed by atoms with Crippen LogP contribution in [0.2, 0.25) is 50.2 Å². The normalized spacial score (nSPS) is 12.4. The van der Waals surface area contributed by atoms with Crippen LogP contribution in [-0.4, -0.2) is 84.9 Å². The molecule has 706 valence electrons. The van der Waals surface area contributed by atoms with Gasteiger partial charge in [0, 0.05) is 103 Å². The molecule has 13 aromatic rings. The number of aliphatic hydroxyl groups is 2. The van der Waals surface area contributed by atoms with Gasteiger partial charge in [0.05, 0.1) is 37.1 Å². The Hall–Kier alpha value is -4.34. The number of carbonyl (C=O) groups excluding carboxylic acids is 1. The number of ether oxygens (including phenoxy) is 3. The van der Waals surface area contributed by atoms with Crippen LogP contribution in [-0.2, 0) is 15.6 Å². The van der Waals surface area contributed by atoms with Gasteiger partial charge in [-0.25, -0.2) is 0 Å². The third-order valence-corrected chi connectivity index (χ3v) is 32.9. The van der Waals surface area contributed by atoms with Crippen molar-refractivity contribution in [3.63, 3.8) is 0 Å². The molecule has 0 saturated carbocycles. The van der Waals surface area contributed by atoms with E-state index < -0.39 is 23.1 Å². The smallest absolute Gasteiger partial charge is 1.00 e. The minimum atomic E-state index is -3.10.